The second-order valence-corrected chi connectivity index (χ2v) is 4.39. The molecule has 1 aromatic carbocycles. The summed E-state index contributed by atoms with van der Waals surface area (Å²) in [4.78, 5) is 4.20. The monoisotopic (exact) mass is 263 g/mol. The molecule has 2 N–H and O–H groups in total. The van der Waals surface area contributed by atoms with Crippen LogP contribution in [0.5, 0.6) is 0 Å². The summed E-state index contributed by atoms with van der Waals surface area (Å²) >= 11 is 0. The van der Waals surface area contributed by atoms with Gasteiger partial charge in [0.25, 0.3) is 0 Å². The van der Waals surface area contributed by atoms with Gasteiger partial charge in [-0.15, -0.1) is 0 Å². The molecule has 0 aliphatic rings. The van der Waals surface area contributed by atoms with E-state index in [0.717, 1.165) is 38.7 Å². The van der Waals surface area contributed by atoms with Gasteiger partial charge in [-0.25, -0.2) is 0 Å². The summed E-state index contributed by atoms with van der Waals surface area (Å²) in [6.07, 6.45) is 0.985. The molecule has 0 unspecified atom stereocenters. The largest absolute Gasteiger partial charge is 0.382 e. The van der Waals surface area contributed by atoms with Crippen LogP contribution in [-0.4, -0.2) is 32.8 Å². The van der Waals surface area contributed by atoms with E-state index in [1.807, 2.05) is 6.92 Å². The van der Waals surface area contributed by atoms with Crippen molar-refractivity contribution in [3.8, 4) is 0 Å². The quantitative estimate of drug-likeness (QED) is 0.450. The van der Waals surface area contributed by atoms with Crippen molar-refractivity contribution in [2.45, 2.75) is 26.8 Å². The Morgan fingerprint density at radius 1 is 1.32 bits per heavy atom. The molecule has 1 aromatic rings. The molecule has 0 fully saturated rings. The number of aryl methyl sites for hydroxylation is 1. The first kappa shape index (κ1) is 15.5. The lowest BCUT2D eigenvalue weighted by Crippen LogP contribution is -2.37. The summed E-state index contributed by atoms with van der Waals surface area (Å²) in [5.74, 6) is 0.831. The Morgan fingerprint density at radius 3 is 2.84 bits per heavy atom. The number of guanidine groups is 1. The van der Waals surface area contributed by atoms with Gasteiger partial charge in [-0.1, -0.05) is 29.8 Å². The van der Waals surface area contributed by atoms with Crippen LogP contribution in [0.25, 0.3) is 0 Å². The Hall–Kier alpha value is -1.55. The summed E-state index contributed by atoms with van der Waals surface area (Å²) < 4.78 is 5.29. The van der Waals surface area contributed by atoms with E-state index in [0.29, 0.717) is 0 Å². The van der Waals surface area contributed by atoms with Crippen molar-refractivity contribution in [3.63, 3.8) is 0 Å². The molecule has 19 heavy (non-hydrogen) atoms. The van der Waals surface area contributed by atoms with Crippen molar-refractivity contribution in [3.05, 3.63) is 35.4 Å². The van der Waals surface area contributed by atoms with Gasteiger partial charge in [0.15, 0.2) is 5.96 Å². The van der Waals surface area contributed by atoms with Gasteiger partial charge in [-0.05, 0) is 25.8 Å². The second-order valence-electron chi connectivity index (χ2n) is 4.39. The molecule has 0 spiro atoms. The van der Waals surface area contributed by atoms with Crippen LogP contribution in [0.2, 0.25) is 0 Å². The predicted molar refractivity (Wildman–Crippen MR) is 80.5 cm³/mol. The van der Waals surface area contributed by atoms with Gasteiger partial charge in [-0.2, -0.15) is 0 Å². The molecule has 106 valence electrons. The third-order valence-electron chi connectivity index (χ3n) is 2.73. The van der Waals surface area contributed by atoms with Crippen LogP contribution < -0.4 is 10.6 Å². The lowest BCUT2D eigenvalue weighted by Gasteiger charge is -2.12. The summed E-state index contributed by atoms with van der Waals surface area (Å²) in [6.45, 7) is 7.33. The highest BCUT2D eigenvalue weighted by Gasteiger charge is 1.98. The maximum absolute atomic E-state index is 5.29. The third-order valence-corrected chi connectivity index (χ3v) is 2.73. The fraction of sp³-hybridized carbons (Fsp3) is 0.533. The Morgan fingerprint density at radius 2 is 2.16 bits per heavy atom. The molecule has 0 amide bonds. The molecule has 0 saturated carbocycles. The maximum Gasteiger partial charge on any atom is 0.191 e. The molecule has 0 radical (unpaired) electrons. The van der Waals surface area contributed by atoms with E-state index in [9.17, 15) is 0 Å². The zero-order valence-corrected chi connectivity index (χ0v) is 12.2. The molecule has 0 aromatic heterocycles. The standard InChI is InChI=1S/C15H25N3O/c1-4-19-10-6-9-17-15(16-3)18-12-14-8-5-7-13(2)11-14/h5,7-8,11H,4,6,9-10,12H2,1-3H3,(H2,16,17,18). The number of nitrogens with zero attached hydrogens (tertiary/aromatic N) is 1. The number of ether oxygens (including phenoxy) is 1. The summed E-state index contributed by atoms with van der Waals surface area (Å²) in [6, 6.07) is 8.46. The van der Waals surface area contributed by atoms with Crippen molar-refractivity contribution >= 4 is 5.96 Å². The molecule has 0 heterocycles. The van der Waals surface area contributed by atoms with Crippen molar-refractivity contribution in [2.24, 2.45) is 4.99 Å². The minimum Gasteiger partial charge on any atom is -0.382 e. The van der Waals surface area contributed by atoms with Gasteiger partial charge in [0, 0.05) is 33.4 Å². The van der Waals surface area contributed by atoms with Crippen LogP contribution in [0.15, 0.2) is 29.3 Å². The van der Waals surface area contributed by atoms with Crippen molar-refractivity contribution in [2.75, 3.05) is 26.8 Å². The van der Waals surface area contributed by atoms with Crippen molar-refractivity contribution in [1.29, 1.82) is 0 Å². The predicted octanol–water partition coefficient (Wildman–Crippen LogP) is 2.09. The first-order chi connectivity index (χ1) is 9.26. The molecule has 0 aliphatic heterocycles. The van der Waals surface area contributed by atoms with Gasteiger partial charge in [0.2, 0.25) is 0 Å². The van der Waals surface area contributed by atoms with Gasteiger partial charge < -0.3 is 15.4 Å². The molecule has 0 saturated heterocycles. The highest BCUT2D eigenvalue weighted by molar-refractivity contribution is 5.79. The Labute approximate surface area is 116 Å². The lowest BCUT2D eigenvalue weighted by atomic mass is 10.1. The minimum atomic E-state index is 0.778. The van der Waals surface area contributed by atoms with Crippen molar-refractivity contribution < 1.29 is 4.74 Å². The Kier molecular flexibility index (Phi) is 7.66. The molecule has 1 rings (SSSR count). The van der Waals surface area contributed by atoms with E-state index in [1.165, 1.54) is 11.1 Å². The van der Waals surface area contributed by atoms with Crippen LogP contribution in [0, 0.1) is 6.92 Å². The summed E-state index contributed by atoms with van der Waals surface area (Å²) in [7, 11) is 1.79. The smallest absolute Gasteiger partial charge is 0.191 e. The average molecular weight is 263 g/mol. The topological polar surface area (TPSA) is 45.6 Å². The molecule has 0 atom stereocenters. The van der Waals surface area contributed by atoms with Gasteiger partial charge >= 0.3 is 0 Å². The number of aliphatic imine (C=N–C) groups is 1. The van der Waals surface area contributed by atoms with Crippen LogP contribution in [0.3, 0.4) is 0 Å². The van der Waals surface area contributed by atoms with E-state index in [2.05, 4.69) is 46.8 Å². The fourth-order valence-corrected chi connectivity index (χ4v) is 1.75. The first-order valence-corrected chi connectivity index (χ1v) is 6.84. The summed E-state index contributed by atoms with van der Waals surface area (Å²) in [5, 5.41) is 6.57. The number of hydrogen-bond acceptors (Lipinski definition) is 2. The lowest BCUT2D eigenvalue weighted by molar-refractivity contribution is 0.145. The molecular weight excluding hydrogens is 238 g/mol. The van der Waals surface area contributed by atoms with Crippen LogP contribution in [-0.2, 0) is 11.3 Å². The zero-order chi connectivity index (χ0) is 13.9. The van der Waals surface area contributed by atoms with Crippen LogP contribution in [0.4, 0.5) is 0 Å². The van der Waals surface area contributed by atoms with E-state index in [-0.39, 0.29) is 0 Å². The van der Waals surface area contributed by atoms with Crippen molar-refractivity contribution in [1.82, 2.24) is 10.6 Å². The number of rotatable bonds is 7. The van der Waals surface area contributed by atoms with E-state index < -0.39 is 0 Å². The van der Waals surface area contributed by atoms with E-state index in [1.54, 1.807) is 7.05 Å². The Bertz CT molecular complexity index is 391. The fourth-order valence-electron chi connectivity index (χ4n) is 1.75. The number of hydrogen-bond donors (Lipinski definition) is 2. The van der Waals surface area contributed by atoms with Crippen LogP contribution >= 0.6 is 0 Å². The number of benzene rings is 1. The second kappa shape index (κ2) is 9.39. The van der Waals surface area contributed by atoms with Gasteiger partial charge in [0.1, 0.15) is 0 Å². The molecule has 0 bridgehead atoms. The Balaban J connectivity index is 2.25. The van der Waals surface area contributed by atoms with Gasteiger partial charge in [0.05, 0.1) is 0 Å². The highest BCUT2D eigenvalue weighted by Crippen LogP contribution is 2.02. The highest BCUT2D eigenvalue weighted by atomic mass is 16.5. The SMILES string of the molecule is CCOCCCNC(=NC)NCc1cccc(C)c1. The van der Waals surface area contributed by atoms with E-state index in [4.69, 9.17) is 4.74 Å². The minimum absolute atomic E-state index is 0.778. The van der Waals surface area contributed by atoms with E-state index >= 15 is 0 Å². The zero-order valence-electron chi connectivity index (χ0n) is 12.2. The maximum atomic E-state index is 5.29. The molecule has 4 heteroatoms. The number of nitrogens with one attached hydrogen (secondary N) is 2. The first-order valence-electron chi connectivity index (χ1n) is 6.84. The normalized spacial score (nSPS) is 11.4. The van der Waals surface area contributed by atoms with Gasteiger partial charge in [-0.3, -0.25) is 4.99 Å². The summed E-state index contributed by atoms with van der Waals surface area (Å²) in [5.41, 5.74) is 2.54. The molecule has 4 nitrogen and oxygen atoms in total. The average Bonchev–Trinajstić information content (AvgIpc) is 2.42. The molecule has 0 aliphatic carbocycles. The molecular formula is C15H25N3O. The third kappa shape index (κ3) is 6.82. The van der Waals surface area contributed by atoms with Crippen LogP contribution in [0.1, 0.15) is 24.5 Å².